The van der Waals surface area contributed by atoms with Crippen LogP contribution in [0.5, 0.6) is 0 Å². The summed E-state index contributed by atoms with van der Waals surface area (Å²) in [5.74, 6) is -2.63. The summed E-state index contributed by atoms with van der Waals surface area (Å²) in [5, 5.41) is 8.71. The van der Waals surface area contributed by atoms with E-state index in [4.69, 9.17) is 10.8 Å². The predicted molar refractivity (Wildman–Crippen MR) is 53.1 cm³/mol. The van der Waals surface area contributed by atoms with Gasteiger partial charge in [0, 0.05) is 13.1 Å². The number of nitrogens with zero attached hydrogens (tertiary/aromatic N) is 1. The second-order valence-electron chi connectivity index (χ2n) is 4.46. The number of nitrogens with two attached hydrogens (primary N) is 1. The first kappa shape index (κ1) is 10.9. The summed E-state index contributed by atoms with van der Waals surface area (Å²) >= 11 is 0. The van der Waals surface area contributed by atoms with Gasteiger partial charge in [-0.3, -0.25) is 14.4 Å². The Morgan fingerprint density at radius 1 is 1.25 bits per heavy atom. The predicted octanol–water partition coefficient (Wildman–Crippen LogP) is -0.959. The van der Waals surface area contributed by atoms with Gasteiger partial charge in [0.05, 0.1) is 17.8 Å². The van der Waals surface area contributed by atoms with Gasteiger partial charge in [0.1, 0.15) is 0 Å². The van der Waals surface area contributed by atoms with Crippen LogP contribution in [0.1, 0.15) is 12.8 Å². The van der Waals surface area contributed by atoms with E-state index in [2.05, 4.69) is 0 Å². The van der Waals surface area contributed by atoms with Crippen molar-refractivity contribution < 1.29 is 19.5 Å². The number of amides is 2. The highest BCUT2D eigenvalue weighted by atomic mass is 16.4. The lowest BCUT2D eigenvalue weighted by Gasteiger charge is -2.15. The van der Waals surface area contributed by atoms with Crippen LogP contribution in [0.15, 0.2) is 0 Å². The normalized spacial score (nSPS) is 32.5. The van der Waals surface area contributed by atoms with E-state index >= 15 is 0 Å². The summed E-state index contributed by atoms with van der Waals surface area (Å²) in [6.45, 7) is 0.853. The lowest BCUT2D eigenvalue weighted by molar-refractivity contribution is -0.141. The number of carboxylic acids is 1. The maximum absolute atomic E-state index is 11.8. The van der Waals surface area contributed by atoms with Crippen LogP contribution < -0.4 is 5.73 Å². The lowest BCUT2D eigenvalue weighted by atomic mass is 10.1. The van der Waals surface area contributed by atoms with Gasteiger partial charge in [-0.2, -0.15) is 0 Å². The Morgan fingerprint density at radius 2 is 1.94 bits per heavy atom. The second-order valence-corrected chi connectivity index (χ2v) is 4.46. The third-order valence-electron chi connectivity index (χ3n) is 3.33. The summed E-state index contributed by atoms with van der Waals surface area (Å²) in [6.07, 6.45) is 1.01. The molecule has 1 aliphatic heterocycles. The molecule has 0 radical (unpaired) electrons. The minimum absolute atomic E-state index is 0.142. The van der Waals surface area contributed by atoms with Crippen molar-refractivity contribution in [3.63, 3.8) is 0 Å². The van der Waals surface area contributed by atoms with Crippen molar-refractivity contribution in [3.05, 3.63) is 0 Å². The minimum atomic E-state index is -0.913. The summed E-state index contributed by atoms with van der Waals surface area (Å²) in [4.78, 5) is 34.9. The van der Waals surface area contributed by atoms with Crippen molar-refractivity contribution in [1.82, 2.24) is 4.90 Å². The number of primary amides is 1. The van der Waals surface area contributed by atoms with Crippen LogP contribution in [-0.2, 0) is 14.4 Å². The Morgan fingerprint density at radius 3 is 2.38 bits per heavy atom. The maximum Gasteiger partial charge on any atom is 0.307 e. The van der Waals surface area contributed by atoms with Crippen LogP contribution in [0.3, 0.4) is 0 Å². The van der Waals surface area contributed by atoms with Crippen LogP contribution >= 0.6 is 0 Å². The minimum Gasteiger partial charge on any atom is -0.481 e. The number of rotatable bonds is 3. The molecule has 6 nitrogen and oxygen atoms in total. The fourth-order valence-corrected chi connectivity index (χ4v) is 2.17. The topological polar surface area (TPSA) is 101 Å². The third kappa shape index (κ3) is 1.87. The monoisotopic (exact) mass is 226 g/mol. The van der Waals surface area contributed by atoms with E-state index in [-0.39, 0.29) is 23.7 Å². The Kier molecular flexibility index (Phi) is 2.57. The zero-order valence-corrected chi connectivity index (χ0v) is 8.76. The number of aliphatic carboxylic acids is 1. The van der Waals surface area contributed by atoms with E-state index in [1.54, 1.807) is 4.90 Å². The molecule has 3 unspecified atom stereocenters. The average Bonchev–Trinajstić information content (AvgIpc) is 2.86. The maximum atomic E-state index is 11.8. The van der Waals surface area contributed by atoms with Crippen LogP contribution in [0, 0.1) is 17.8 Å². The third-order valence-corrected chi connectivity index (χ3v) is 3.33. The van der Waals surface area contributed by atoms with Crippen molar-refractivity contribution in [2.24, 2.45) is 23.5 Å². The average molecular weight is 226 g/mol. The highest BCUT2D eigenvalue weighted by Crippen LogP contribution is 2.40. The molecule has 1 saturated heterocycles. The summed E-state index contributed by atoms with van der Waals surface area (Å²) < 4.78 is 0. The van der Waals surface area contributed by atoms with E-state index in [1.165, 1.54) is 0 Å². The van der Waals surface area contributed by atoms with Gasteiger partial charge >= 0.3 is 5.97 Å². The molecule has 0 aromatic carbocycles. The number of carboxylic acid groups (broad SMARTS) is 1. The zero-order valence-electron chi connectivity index (χ0n) is 8.76. The molecule has 3 atom stereocenters. The molecule has 0 aromatic rings. The van der Waals surface area contributed by atoms with E-state index in [0.29, 0.717) is 25.9 Å². The number of carbonyl (C=O) groups excluding carboxylic acids is 2. The SMILES string of the molecule is NC(=O)C1CCN(C(=O)C2CC2C(=O)O)C1. The summed E-state index contributed by atoms with van der Waals surface area (Å²) in [7, 11) is 0. The zero-order chi connectivity index (χ0) is 11.9. The summed E-state index contributed by atoms with van der Waals surface area (Å²) in [6, 6.07) is 0. The first-order chi connectivity index (χ1) is 7.50. The van der Waals surface area contributed by atoms with Gasteiger partial charge in [-0.25, -0.2) is 0 Å². The summed E-state index contributed by atoms with van der Waals surface area (Å²) in [5.41, 5.74) is 5.16. The highest BCUT2D eigenvalue weighted by molar-refractivity contribution is 5.90. The molecule has 1 heterocycles. The van der Waals surface area contributed by atoms with Gasteiger partial charge < -0.3 is 15.7 Å². The van der Waals surface area contributed by atoms with Crippen molar-refractivity contribution in [2.75, 3.05) is 13.1 Å². The highest BCUT2D eigenvalue weighted by Gasteiger charge is 2.50. The van der Waals surface area contributed by atoms with Gasteiger partial charge in [0.15, 0.2) is 0 Å². The van der Waals surface area contributed by atoms with E-state index in [0.717, 1.165) is 0 Å². The molecule has 2 rings (SSSR count). The van der Waals surface area contributed by atoms with Gasteiger partial charge in [-0.05, 0) is 12.8 Å². The van der Waals surface area contributed by atoms with Crippen molar-refractivity contribution >= 4 is 17.8 Å². The van der Waals surface area contributed by atoms with Gasteiger partial charge in [0.25, 0.3) is 0 Å². The number of likely N-dealkylation sites (tertiary alicyclic amines) is 1. The van der Waals surface area contributed by atoms with Gasteiger partial charge in [0.2, 0.25) is 11.8 Å². The first-order valence-electron chi connectivity index (χ1n) is 5.31. The molecule has 0 aromatic heterocycles. The quantitative estimate of drug-likeness (QED) is 0.647. The molecule has 1 saturated carbocycles. The molecule has 1 aliphatic carbocycles. The van der Waals surface area contributed by atoms with Crippen molar-refractivity contribution in [3.8, 4) is 0 Å². The molecule has 2 aliphatic rings. The first-order valence-corrected chi connectivity index (χ1v) is 5.31. The largest absolute Gasteiger partial charge is 0.481 e. The molecule has 3 N–H and O–H groups in total. The van der Waals surface area contributed by atoms with Crippen molar-refractivity contribution in [2.45, 2.75) is 12.8 Å². The number of carbonyl (C=O) groups is 3. The van der Waals surface area contributed by atoms with E-state index < -0.39 is 11.9 Å². The number of hydrogen-bond acceptors (Lipinski definition) is 3. The van der Waals surface area contributed by atoms with Crippen LogP contribution in [0.4, 0.5) is 0 Å². The molecular weight excluding hydrogens is 212 g/mol. The fourth-order valence-electron chi connectivity index (χ4n) is 2.17. The molecule has 88 valence electrons. The second kappa shape index (κ2) is 3.77. The smallest absolute Gasteiger partial charge is 0.307 e. The molecule has 2 amide bonds. The standard InChI is InChI=1S/C10H14N2O4/c11-8(13)5-1-2-12(4-5)9(14)6-3-7(6)10(15)16/h5-7H,1-4H2,(H2,11,13)(H,15,16). The van der Waals surface area contributed by atoms with Crippen LogP contribution in [0.2, 0.25) is 0 Å². The van der Waals surface area contributed by atoms with Crippen LogP contribution in [0.25, 0.3) is 0 Å². The fraction of sp³-hybridized carbons (Fsp3) is 0.700. The molecular formula is C10H14N2O4. The van der Waals surface area contributed by atoms with E-state index in [1.807, 2.05) is 0 Å². The molecule has 16 heavy (non-hydrogen) atoms. The molecule has 0 bridgehead atoms. The number of hydrogen-bond donors (Lipinski definition) is 2. The Balaban J connectivity index is 1.89. The van der Waals surface area contributed by atoms with Crippen LogP contribution in [-0.4, -0.2) is 40.9 Å². The molecule has 6 heteroatoms. The molecule has 0 spiro atoms. The molecule has 2 fully saturated rings. The van der Waals surface area contributed by atoms with Gasteiger partial charge in [-0.1, -0.05) is 0 Å². The van der Waals surface area contributed by atoms with E-state index in [9.17, 15) is 14.4 Å². The Labute approximate surface area is 92.4 Å². The van der Waals surface area contributed by atoms with Crippen molar-refractivity contribution in [1.29, 1.82) is 0 Å². The lowest BCUT2D eigenvalue weighted by Crippen LogP contribution is -2.33. The Bertz CT molecular complexity index is 355. The Hall–Kier alpha value is -1.59. The van der Waals surface area contributed by atoms with Gasteiger partial charge in [-0.15, -0.1) is 0 Å².